The largest absolute Gasteiger partial charge is 0.386 e. The second kappa shape index (κ2) is 5.28. The number of aliphatic hydroxyl groups is 1. The Balaban J connectivity index is 2.15. The summed E-state index contributed by atoms with van der Waals surface area (Å²) in [7, 11) is 0. The molecule has 1 rings (SSSR count). The molecule has 2 N–H and O–H groups in total. The van der Waals surface area contributed by atoms with E-state index in [2.05, 4.69) is 26.1 Å². The van der Waals surface area contributed by atoms with Crippen LogP contribution >= 0.6 is 0 Å². The first kappa shape index (κ1) is 12.9. The Kier molecular flexibility index (Phi) is 4.56. The van der Waals surface area contributed by atoms with Gasteiger partial charge in [-0.15, -0.1) is 0 Å². The van der Waals surface area contributed by atoms with E-state index in [0.717, 1.165) is 0 Å². The maximum Gasteiger partial charge on any atom is 0.0975 e. The Morgan fingerprint density at radius 2 is 2.00 bits per heavy atom. The predicted octanol–water partition coefficient (Wildman–Crippen LogP) is 1.55. The van der Waals surface area contributed by atoms with Crippen LogP contribution in [0.3, 0.4) is 0 Å². The van der Waals surface area contributed by atoms with Crippen LogP contribution in [0.2, 0.25) is 0 Å². The third-order valence-corrected chi connectivity index (χ3v) is 2.94. The van der Waals surface area contributed by atoms with Crippen LogP contribution in [0.25, 0.3) is 0 Å². The molecule has 0 bridgehead atoms. The Hall–Kier alpha value is -0.120. The van der Waals surface area contributed by atoms with Gasteiger partial charge in [0.1, 0.15) is 0 Å². The highest BCUT2D eigenvalue weighted by atomic mass is 16.5. The van der Waals surface area contributed by atoms with Gasteiger partial charge in [-0.05, 0) is 32.6 Å². The van der Waals surface area contributed by atoms with E-state index in [-0.39, 0.29) is 6.10 Å². The van der Waals surface area contributed by atoms with E-state index in [9.17, 15) is 5.11 Å². The van der Waals surface area contributed by atoms with Gasteiger partial charge in [0, 0.05) is 12.6 Å². The molecule has 3 heteroatoms. The van der Waals surface area contributed by atoms with Gasteiger partial charge in [0.15, 0.2) is 0 Å². The molecule has 2 unspecified atom stereocenters. The highest BCUT2D eigenvalue weighted by Crippen LogP contribution is 2.19. The third-order valence-electron chi connectivity index (χ3n) is 2.94. The van der Waals surface area contributed by atoms with Gasteiger partial charge < -0.3 is 15.2 Å². The van der Waals surface area contributed by atoms with Crippen LogP contribution in [0, 0.1) is 5.92 Å². The first-order chi connectivity index (χ1) is 6.91. The van der Waals surface area contributed by atoms with Gasteiger partial charge in [-0.25, -0.2) is 0 Å². The summed E-state index contributed by atoms with van der Waals surface area (Å²) in [5.41, 5.74) is -0.744. The number of rotatable bonds is 7. The fourth-order valence-electron chi connectivity index (χ4n) is 1.21. The zero-order chi connectivity index (χ0) is 11.5. The summed E-state index contributed by atoms with van der Waals surface area (Å²) < 4.78 is 5.63. The maximum atomic E-state index is 10.0. The Morgan fingerprint density at radius 1 is 1.40 bits per heavy atom. The van der Waals surface area contributed by atoms with Crippen LogP contribution in [0.4, 0.5) is 0 Å². The van der Waals surface area contributed by atoms with Crippen LogP contribution in [0.1, 0.15) is 40.5 Å². The van der Waals surface area contributed by atoms with Gasteiger partial charge in [-0.2, -0.15) is 0 Å². The van der Waals surface area contributed by atoms with E-state index < -0.39 is 5.60 Å². The minimum atomic E-state index is -0.744. The summed E-state index contributed by atoms with van der Waals surface area (Å²) in [6.45, 7) is 9.17. The molecule has 0 spiro atoms. The highest BCUT2D eigenvalue weighted by molar-refractivity contribution is 4.85. The fraction of sp³-hybridized carbons (Fsp3) is 1.00. The SMILES string of the molecule is CC(C)C(C)OCC(C)(O)CNC1CC1. The fourth-order valence-corrected chi connectivity index (χ4v) is 1.21. The van der Waals surface area contributed by atoms with Crippen molar-refractivity contribution in [2.75, 3.05) is 13.2 Å². The van der Waals surface area contributed by atoms with Gasteiger partial charge >= 0.3 is 0 Å². The molecule has 0 aromatic heterocycles. The van der Waals surface area contributed by atoms with Crippen LogP contribution in [0.15, 0.2) is 0 Å². The molecule has 1 aliphatic rings. The molecule has 0 radical (unpaired) electrons. The molecular formula is C12H25NO2. The zero-order valence-electron chi connectivity index (χ0n) is 10.4. The summed E-state index contributed by atoms with van der Waals surface area (Å²) in [4.78, 5) is 0. The van der Waals surface area contributed by atoms with Crippen LogP contribution < -0.4 is 5.32 Å². The Bertz CT molecular complexity index is 188. The van der Waals surface area contributed by atoms with Crippen molar-refractivity contribution < 1.29 is 9.84 Å². The van der Waals surface area contributed by atoms with Crippen molar-refractivity contribution in [1.82, 2.24) is 5.32 Å². The van der Waals surface area contributed by atoms with Gasteiger partial charge in [-0.3, -0.25) is 0 Å². The lowest BCUT2D eigenvalue weighted by molar-refractivity contribution is -0.0681. The summed E-state index contributed by atoms with van der Waals surface area (Å²) in [6.07, 6.45) is 2.70. The van der Waals surface area contributed by atoms with Gasteiger partial charge in [-0.1, -0.05) is 13.8 Å². The molecular weight excluding hydrogens is 190 g/mol. The molecule has 0 aromatic carbocycles. The molecule has 2 atom stereocenters. The van der Waals surface area contributed by atoms with Crippen molar-refractivity contribution in [2.24, 2.45) is 5.92 Å². The zero-order valence-corrected chi connectivity index (χ0v) is 10.4. The van der Waals surface area contributed by atoms with Gasteiger partial charge in [0.25, 0.3) is 0 Å². The lowest BCUT2D eigenvalue weighted by Gasteiger charge is -2.27. The molecule has 15 heavy (non-hydrogen) atoms. The molecule has 0 aliphatic heterocycles. The maximum absolute atomic E-state index is 10.0. The van der Waals surface area contributed by atoms with Crippen molar-refractivity contribution in [2.45, 2.75) is 58.3 Å². The normalized spacial score (nSPS) is 22.8. The van der Waals surface area contributed by atoms with E-state index >= 15 is 0 Å². The number of hydrogen-bond acceptors (Lipinski definition) is 3. The van der Waals surface area contributed by atoms with Crippen molar-refractivity contribution >= 4 is 0 Å². The van der Waals surface area contributed by atoms with E-state index in [1.54, 1.807) is 0 Å². The van der Waals surface area contributed by atoms with Gasteiger partial charge in [0.05, 0.1) is 18.3 Å². The molecule has 90 valence electrons. The average Bonchev–Trinajstić information content (AvgIpc) is 2.94. The molecule has 0 amide bonds. The molecule has 1 saturated carbocycles. The lowest BCUT2D eigenvalue weighted by atomic mass is 10.1. The molecule has 1 fully saturated rings. The monoisotopic (exact) mass is 215 g/mol. The van der Waals surface area contributed by atoms with Crippen LogP contribution in [-0.4, -0.2) is 36.0 Å². The smallest absolute Gasteiger partial charge is 0.0975 e. The van der Waals surface area contributed by atoms with Crippen LogP contribution in [-0.2, 0) is 4.74 Å². The minimum Gasteiger partial charge on any atom is -0.386 e. The molecule has 1 aliphatic carbocycles. The predicted molar refractivity (Wildman–Crippen MR) is 61.9 cm³/mol. The molecule has 0 aromatic rings. The third kappa shape index (κ3) is 5.50. The van der Waals surface area contributed by atoms with E-state index in [1.165, 1.54) is 12.8 Å². The molecule has 0 heterocycles. The minimum absolute atomic E-state index is 0.206. The first-order valence-corrected chi connectivity index (χ1v) is 5.98. The first-order valence-electron chi connectivity index (χ1n) is 5.98. The van der Waals surface area contributed by atoms with Crippen molar-refractivity contribution in [3.63, 3.8) is 0 Å². The highest BCUT2D eigenvalue weighted by Gasteiger charge is 2.27. The van der Waals surface area contributed by atoms with E-state index in [1.807, 2.05) is 6.92 Å². The topological polar surface area (TPSA) is 41.5 Å². The van der Waals surface area contributed by atoms with Crippen LogP contribution in [0.5, 0.6) is 0 Å². The summed E-state index contributed by atoms with van der Waals surface area (Å²) >= 11 is 0. The standard InChI is InChI=1S/C12H25NO2/c1-9(2)10(3)15-8-12(4,14)7-13-11-5-6-11/h9-11,13-14H,5-8H2,1-4H3. The van der Waals surface area contributed by atoms with Crippen molar-refractivity contribution in [3.05, 3.63) is 0 Å². The summed E-state index contributed by atoms with van der Waals surface area (Å²) in [5.74, 6) is 0.497. The lowest BCUT2D eigenvalue weighted by Crippen LogP contribution is -2.43. The van der Waals surface area contributed by atoms with Crippen molar-refractivity contribution in [1.29, 1.82) is 0 Å². The Morgan fingerprint density at radius 3 is 2.47 bits per heavy atom. The second-order valence-electron chi connectivity index (χ2n) is 5.41. The quantitative estimate of drug-likeness (QED) is 0.677. The van der Waals surface area contributed by atoms with Gasteiger partial charge in [0.2, 0.25) is 0 Å². The Labute approximate surface area is 93.2 Å². The number of hydrogen-bond donors (Lipinski definition) is 2. The number of nitrogens with one attached hydrogen (secondary N) is 1. The second-order valence-corrected chi connectivity index (χ2v) is 5.41. The number of ether oxygens (including phenoxy) is 1. The molecule has 0 saturated heterocycles. The summed E-state index contributed by atoms with van der Waals surface area (Å²) in [5, 5.41) is 13.4. The van der Waals surface area contributed by atoms with Crippen molar-refractivity contribution in [3.8, 4) is 0 Å². The average molecular weight is 215 g/mol. The summed E-state index contributed by atoms with van der Waals surface area (Å²) in [6, 6.07) is 0.638. The van der Waals surface area contributed by atoms with E-state index in [4.69, 9.17) is 4.74 Å². The van der Waals surface area contributed by atoms with E-state index in [0.29, 0.717) is 25.1 Å². The molecule has 3 nitrogen and oxygen atoms in total.